The van der Waals surface area contributed by atoms with Crippen molar-refractivity contribution in [3.8, 4) is 0 Å². The quantitative estimate of drug-likeness (QED) is 0.489. The maximum absolute atomic E-state index is 14.3. The van der Waals surface area contributed by atoms with Gasteiger partial charge in [-0.05, 0) is 79.0 Å². The van der Waals surface area contributed by atoms with Gasteiger partial charge in [0, 0.05) is 5.56 Å². The number of rotatable bonds is 3. The smallest absolute Gasteiger partial charge is 0.166 e. The standard InChI is InChI=1S/C21H20F4.C2H6/c1-12-3-5-16(6-4-12)17-9-15(11-19(23)21(17)25)8-14-7-13(2)20(24)18(22)10-14;1-2/h5,7,9-12H,3-4,6,8H2,1-2H3;1-2H3. The summed E-state index contributed by atoms with van der Waals surface area (Å²) in [5, 5.41) is 0. The first kappa shape index (κ1) is 21.2. The number of benzene rings is 2. The Hall–Kier alpha value is -2.10. The van der Waals surface area contributed by atoms with Gasteiger partial charge in [-0.2, -0.15) is 0 Å². The summed E-state index contributed by atoms with van der Waals surface area (Å²) in [7, 11) is 0. The van der Waals surface area contributed by atoms with E-state index in [-0.39, 0.29) is 17.5 Å². The third-order valence-corrected chi connectivity index (χ3v) is 4.79. The molecule has 0 aliphatic heterocycles. The van der Waals surface area contributed by atoms with Gasteiger partial charge in [0.1, 0.15) is 0 Å². The van der Waals surface area contributed by atoms with Crippen LogP contribution in [0.1, 0.15) is 62.3 Å². The van der Waals surface area contributed by atoms with Crippen molar-refractivity contribution in [2.75, 3.05) is 0 Å². The molecule has 27 heavy (non-hydrogen) atoms. The van der Waals surface area contributed by atoms with Gasteiger partial charge in [-0.15, -0.1) is 0 Å². The second-order valence-corrected chi connectivity index (χ2v) is 6.93. The lowest BCUT2D eigenvalue weighted by Crippen LogP contribution is -2.05. The molecule has 3 rings (SSSR count). The third-order valence-electron chi connectivity index (χ3n) is 4.79. The van der Waals surface area contributed by atoms with E-state index in [4.69, 9.17) is 0 Å². The number of hydrogen-bond donors (Lipinski definition) is 0. The molecule has 0 saturated carbocycles. The number of aryl methyl sites for hydroxylation is 1. The van der Waals surface area contributed by atoms with E-state index < -0.39 is 23.3 Å². The molecular formula is C23H26F4. The van der Waals surface area contributed by atoms with Crippen LogP contribution in [0.2, 0.25) is 0 Å². The fraction of sp³-hybridized carbons (Fsp3) is 0.391. The van der Waals surface area contributed by atoms with Crippen LogP contribution in [-0.4, -0.2) is 0 Å². The first-order chi connectivity index (χ1) is 12.8. The van der Waals surface area contributed by atoms with Gasteiger partial charge < -0.3 is 0 Å². The number of allylic oxidation sites excluding steroid dienone is 2. The van der Waals surface area contributed by atoms with E-state index in [1.807, 2.05) is 19.9 Å². The van der Waals surface area contributed by atoms with Gasteiger partial charge in [-0.25, -0.2) is 17.6 Å². The van der Waals surface area contributed by atoms with Crippen LogP contribution < -0.4 is 0 Å². The van der Waals surface area contributed by atoms with Crippen molar-refractivity contribution in [2.24, 2.45) is 5.92 Å². The van der Waals surface area contributed by atoms with Crippen LogP contribution >= 0.6 is 0 Å². The van der Waals surface area contributed by atoms with E-state index in [0.29, 0.717) is 23.5 Å². The first-order valence-corrected chi connectivity index (χ1v) is 9.47. The van der Waals surface area contributed by atoms with Crippen LogP contribution in [0.4, 0.5) is 17.6 Å². The second-order valence-electron chi connectivity index (χ2n) is 6.93. The summed E-state index contributed by atoms with van der Waals surface area (Å²) < 4.78 is 55.3. The van der Waals surface area contributed by atoms with Crippen molar-refractivity contribution < 1.29 is 17.6 Å². The molecule has 0 bridgehead atoms. The van der Waals surface area contributed by atoms with Crippen LogP contribution in [-0.2, 0) is 6.42 Å². The summed E-state index contributed by atoms with van der Waals surface area (Å²) >= 11 is 0. The molecule has 0 radical (unpaired) electrons. The van der Waals surface area contributed by atoms with Gasteiger partial charge in [0.05, 0.1) is 0 Å². The molecule has 1 aliphatic carbocycles. The van der Waals surface area contributed by atoms with Crippen molar-refractivity contribution in [3.63, 3.8) is 0 Å². The molecule has 0 saturated heterocycles. The predicted molar refractivity (Wildman–Crippen MR) is 103 cm³/mol. The van der Waals surface area contributed by atoms with Gasteiger partial charge >= 0.3 is 0 Å². The Balaban J connectivity index is 0.00000126. The van der Waals surface area contributed by atoms with Gasteiger partial charge in [-0.1, -0.05) is 32.9 Å². The molecule has 2 aromatic rings. The summed E-state index contributed by atoms with van der Waals surface area (Å²) in [4.78, 5) is 0. The molecule has 0 heterocycles. The minimum atomic E-state index is -0.929. The average molecular weight is 378 g/mol. The normalized spacial score (nSPS) is 16.4. The molecule has 0 nitrogen and oxygen atoms in total. The van der Waals surface area contributed by atoms with Crippen molar-refractivity contribution >= 4 is 5.57 Å². The highest BCUT2D eigenvalue weighted by molar-refractivity contribution is 5.67. The Labute approximate surface area is 158 Å². The second kappa shape index (κ2) is 9.20. The van der Waals surface area contributed by atoms with Crippen LogP contribution in [0.25, 0.3) is 5.57 Å². The van der Waals surface area contributed by atoms with Crippen molar-refractivity contribution in [3.05, 3.63) is 75.9 Å². The van der Waals surface area contributed by atoms with Crippen LogP contribution in [0.15, 0.2) is 30.3 Å². The van der Waals surface area contributed by atoms with E-state index in [9.17, 15) is 17.6 Å². The fourth-order valence-corrected chi connectivity index (χ4v) is 3.33. The zero-order chi connectivity index (χ0) is 20.1. The Bertz CT molecular complexity index is 814. The number of hydrogen-bond acceptors (Lipinski definition) is 0. The Morgan fingerprint density at radius 1 is 0.889 bits per heavy atom. The molecule has 4 heteroatoms. The monoisotopic (exact) mass is 378 g/mol. The lowest BCUT2D eigenvalue weighted by atomic mass is 9.86. The SMILES string of the molecule is CC.Cc1cc(Cc2cc(F)c(F)c(C3=CCC(C)CC3)c2)cc(F)c1F. The summed E-state index contributed by atoms with van der Waals surface area (Å²) in [6, 6.07) is 5.38. The molecule has 1 unspecified atom stereocenters. The Morgan fingerprint density at radius 3 is 2.04 bits per heavy atom. The third kappa shape index (κ3) is 5.00. The lowest BCUT2D eigenvalue weighted by Gasteiger charge is -2.19. The zero-order valence-corrected chi connectivity index (χ0v) is 16.3. The van der Waals surface area contributed by atoms with Crippen LogP contribution in [0.3, 0.4) is 0 Å². The summed E-state index contributed by atoms with van der Waals surface area (Å²) in [6.07, 6.45) is 4.69. The van der Waals surface area contributed by atoms with E-state index >= 15 is 0 Å². The molecule has 146 valence electrons. The van der Waals surface area contributed by atoms with Gasteiger partial charge in [0.25, 0.3) is 0 Å². The van der Waals surface area contributed by atoms with Crippen molar-refractivity contribution in [1.82, 2.24) is 0 Å². The van der Waals surface area contributed by atoms with Gasteiger partial charge in [0.15, 0.2) is 23.3 Å². The largest absolute Gasteiger partial charge is 0.204 e. The van der Waals surface area contributed by atoms with Crippen LogP contribution in [0, 0.1) is 36.1 Å². The topological polar surface area (TPSA) is 0 Å². The van der Waals surface area contributed by atoms with Gasteiger partial charge in [-0.3, -0.25) is 0 Å². The highest BCUT2D eigenvalue weighted by atomic mass is 19.2. The predicted octanol–water partition coefficient (Wildman–Crippen LogP) is 7.37. The van der Waals surface area contributed by atoms with Crippen LogP contribution in [0.5, 0.6) is 0 Å². The summed E-state index contributed by atoms with van der Waals surface area (Å²) in [6.45, 7) is 7.61. The molecule has 1 aliphatic rings. The maximum atomic E-state index is 14.3. The minimum Gasteiger partial charge on any atom is -0.204 e. The molecule has 0 amide bonds. The molecule has 0 fully saturated rings. The van der Waals surface area contributed by atoms with Gasteiger partial charge in [0.2, 0.25) is 0 Å². The maximum Gasteiger partial charge on any atom is 0.166 e. The van der Waals surface area contributed by atoms with E-state index in [0.717, 1.165) is 30.5 Å². The van der Waals surface area contributed by atoms with E-state index in [2.05, 4.69) is 6.92 Å². The number of halogens is 4. The fourth-order valence-electron chi connectivity index (χ4n) is 3.33. The summed E-state index contributed by atoms with van der Waals surface area (Å²) in [5.41, 5.74) is 2.36. The van der Waals surface area contributed by atoms with E-state index in [1.165, 1.54) is 13.0 Å². The average Bonchev–Trinajstić information content (AvgIpc) is 2.65. The minimum absolute atomic E-state index is 0.196. The Morgan fingerprint density at radius 2 is 1.48 bits per heavy atom. The molecular weight excluding hydrogens is 352 g/mol. The molecule has 2 aromatic carbocycles. The Kier molecular flexibility index (Phi) is 7.23. The van der Waals surface area contributed by atoms with Crippen molar-refractivity contribution in [1.29, 1.82) is 0 Å². The molecule has 0 spiro atoms. The van der Waals surface area contributed by atoms with E-state index in [1.54, 1.807) is 6.07 Å². The highest BCUT2D eigenvalue weighted by Crippen LogP contribution is 2.33. The summed E-state index contributed by atoms with van der Waals surface area (Å²) in [5.74, 6) is -3.01. The zero-order valence-electron chi connectivity index (χ0n) is 16.3. The molecule has 1 atom stereocenters. The molecule has 0 N–H and O–H groups in total. The first-order valence-electron chi connectivity index (χ1n) is 9.47. The lowest BCUT2D eigenvalue weighted by molar-refractivity contribution is 0.499. The van der Waals surface area contributed by atoms with Crippen molar-refractivity contribution in [2.45, 2.75) is 53.4 Å². The highest BCUT2D eigenvalue weighted by Gasteiger charge is 2.18. The molecule has 0 aromatic heterocycles.